The second-order valence-corrected chi connectivity index (χ2v) is 9.41. The van der Waals surface area contributed by atoms with Crippen molar-refractivity contribution in [2.24, 2.45) is 0 Å². The fourth-order valence-corrected chi connectivity index (χ4v) is 5.60. The highest BCUT2D eigenvalue weighted by molar-refractivity contribution is 7.09. The number of benzene rings is 1. The van der Waals surface area contributed by atoms with E-state index in [1.807, 2.05) is 24.4 Å². The van der Waals surface area contributed by atoms with Crippen LogP contribution in [0.2, 0.25) is 5.02 Å². The predicted molar refractivity (Wildman–Crippen MR) is 121 cm³/mol. The van der Waals surface area contributed by atoms with Crippen LogP contribution in [0.1, 0.15) is 42.6 Å². The normalized spacial score (nSPS) is 21.0. The van der Waals surface area contributed by atoms with E-state index in [4.69, 9.17) is 26.3 Å². The number of piperidine rings is 1. The van der Waals surface area contributed by atoms with Gasteiger partial charge in [0.15, 0.2) is 0 Å². The molecular weight excluding hydrogens is 418 g/mol. The molecule has 0 aliphatic carbocycles. The number of hydrogen-bond acceptors (Lipinski definition) is 7. The first kappa shape index (κ1) is 20.1. The van der Waals surface area contributed by atoms with Crippen LogP contribution in [0.4, 0.5) is 5.82 Å². The number of methoxy groups -OCH3 is 1. The van der Waals surface area contributed by atoms with Crippen molar-refractivity contribution in [2.45, 2.75) is 44.4 Å². The molecule has 3 aromatic rings. The number of hydrogen-bond donors (Lipinski definition) is 0. The van der Waals surface area contributed by atoms with Crippen molar-refractivity contribution in [3.63, 3.8) is 0 Å². The molecule has 0 saturated carbocycles. The molecule has 2 aromatic heterocycles. The summed E-state index contributed by atoms with van der Waals surface area (Å²) in [6.07, 6.45) is 6.58. The van der Waals surface area contributed by atoms with Crippen LogP contribution in [-0.2, 0) is 11.3 Å². The molecule has 30 heavy (non-hydrogen) atoms. The Bertz CT molecular complexity index is 1010. The summed E-state index contributed by atoms with van der Waals surface area (Å²) in [4.78, 5) is 19.3. The van der Waals surface area contributed by atoms with Gasteiger partial charge in [-0.3, -0.25) is 4.90 Å². The average Bonchev–Trinajstić information content (AvgIpc) is 3.45. The van der Waals surface area contributed by atoms with Gasteiger partial charge in [-0.15, -0.1) is 11.3 Å². The number of aromatic nitrogens is 3. The lowest BCUT2D eigenvalue weighted by Gasteiger charge is -2.33. The fraction of sp³-hybridized carbons (Fsp3) is 0.500. The van der Waals surface area contributed by atoms with Crippen LogP contribution in [0, 0.1) is 0 Å². The molecule has 0 radical (unpaired) electrons. The van der Waals surface area contributed by atoms with Gasteiger partial charge in [-0.25, -0.2) is 15.0 Å². The first-order valence-electron chi connectivity index (χ1n) is 10.6. The number of ether oxygens (including phenoxy) is 1. The quantitative estimate of drug-likeness (QED) is 0.570. The van der Waals surface area contributed by atoms with Crippen molar-refractivity contribution in [1.82, 2.24) is 19.9 Å². The molecular formula is C22H26ClN5OS. The monoisotopic (exact) mass is 443 g/mol. The van der Waals surface area contributed by atoms with E-state index in [1.54, 1.807) is 18.4 Å². The Kier molecular flexibility index (Phi) is 5.87. The van der Waals surface area contributed by atoms with E-state index in [0.29, 0.717) is 12.1 Å². The largest absolute Gasteiger partial charge is 0.381 e. The number of halogens is 1. The summed E-state index contributed by atoms with van der Waals surface area (Å²) >= 11 is 8.06. The number of anilines is 1. The maximum absolute atomic E-state index is 6.32. The third-order valence-corrected chi connectivity index (χ3v) is 7.32. The van der Waals surface area contributed by atoms with Gasteiger partial charge in [0.05, 0.1) is 24.2 Å². The first-order chi connectivity index (χ1) is 14.7. The minimum Gasteiger partial charge on any atom is -0.381 e. The molecule has 2 fully saturated rings. The van der Waals surface area contributed by atoms with Gasteiger partial charge in [-0.05, 0) is 50.4 Å². The van der Waals surface area contributed by atoms with Gasteiger partial charge in [0.1, 0.15) is 16.6 Å². The second kappa shape index (κ2) is 8.75. The van der Waals surface area contributed by atoms with Gasteiger partial charge in [-0.2, -0.15) is 0 Å². The summed E-state index contributed by atoms with van der Waals surface area (Å²) in [5.74, 6) is 1.87. The highest BCUT2D eigenvalue weighted by atomic mass is 35.5. The molecule has 158 valence electrons. The molecule has 1 aromatic carbocycles. The standard InChI is InChI=1S/C22H26ClN5OS/c1-29-16-6-10-27(11-7-16)21-17-13-15(23)4-5-18(17)25-20(26-21)14-28-9-2-3-19(28)22-24-8-12-30-22/h4-5,8,12-13,16,19H,2-3,6-7,9-11,14H2,1H3. The smallest absolute Gasteiger partial charge is 0.145 e. The molecule has 8 heteroatoms. The van der Waals surface area contributed by atoms with E-state index < -0.39 is 0 Å². The molecule has 1 atom stereocenters. The van der Waals surface area contributed by atoms with Crippen molar-refractivity contribution in [1.29, 1.82) is 0 Å². The molecule has 4 heterocycles. The summed E-state index contributed by atoms with van der Waals surface area (Å²) in [6.45, 7) is 3.66. The SMILES string of the molecule is COC1CCN(c2nc(CN3CCCC3c3nccs3)nc3ccc(Cl)cc23)CC1. The zero-order valence-electron chi connectivity index (χ0n) is 17.1. The second-order valence-electron chi connectivity index (χ2n) is 8.05. The van der Waals surface area contributed by atoms with Crippen molar-refractivity contribution < 1.29 is 4.74 Å². The molecule has 6 nitrogen and oxygen atoms in total. The number of rotatable bonds is 5. The fourth-order valence-electron chi connectivity index (χ4n) is 4.62. The Morgan fingerprint density at radius 1 is 1.17 bits per heavy atom. The number of likely N-dealkylation sites (tertiary alicyclic amines) is 1. The Labute approximate surface area is 185 Å². The molecule has 0 bridgehead atoms. The lowest BCUT2D eigenvalue weighted by atomic mass is 10.1. The van der Waals surface area contributed by atoms with Gasteiger partial charge >= 0.3 is 0 Å². The van der Waals surface area contributed by atoms with Crippen LogP contribution in [0.5, 0.6) is 0 Å². The maximum atomic E-state index is 6.32. The average molecular weight is 444 g/mol. The summed E-state index contributed by atoms with van der Waals surface area (Å²) in [6, 6.07) is 6.29. The molecule has 2 aliphatic heterocycles. The highest BCUT2D eigenvalue weighted by Crippen LogP contribution is 2.35. The van der Waals surface area contributed by atoms with Crippen LogP contribution in [-0.4, -0.2) is 52.7 Å². The third kappa shape index (κ3) is 4.04. The Balaban J connectivity index is 1.46. The van der Waals surface area contributed by atoms with Crippen LogP contribution >= 0.6 is 22.9 Å². The van der Waals surface area contributed by atoms with E-state index >= 15 is 0 Å². The van der Waals surface area contributed by atoms with Crippen molar-refractivity contribution >= 4 is 39.7 Å². The summed E-state index contributed by atoms with van der Waals surface area (Å²) < 4.78 is 5.55. The molecule has 2 saturated heterocycles. The minimum absolute atomic E-state index is 0.334. The summed E-state index contributed by atoms with van der Waals surface area (Å²) in [5.41, 5.74) is 0.957. The van der Waals surface area contributed by atoms with Crippen molar-refractivity contribution in [3.8, 4) is 0 Å². The highest BCUT2D eigenvalue weighted by Gasteiger charge is 2.29. The molecule has 0 N–H and O–H groups in total. The van der Waals surface area contributed by atoms with Crippen LogP contribution in [0.15, 0.2) is 29.8 Å². The molecule has 0 spiro atoms. The molecule has 5 rings (SSSR count). The number of nitrogens with zero attached hydrogens (tertiary/aromatic N) is 5. The van der Waals surface area contributed by atoms with Crippen molar-refractivity contribution in [2.75, 3.05) is 31.6 Å². The van der Waals surface area contributed by atoms with E-state index in [1.165, 1.54) is 11.4 Å². The van der Waals surface area contributed by atoms with Gasteiger partial charge in [-0.1, -0.05) is 11.6 Å². The predicted octanol–water partition coefficient (Wildman–Crippen LogP) is 4.69. The van der Waals surface area contributed by atoms with E-state index in [-0.39, 0.29) is 0 Å². The van der Waals surface area contributed by atoms with Crippen LogP contribution in [0.3, 0.4) is 0 Å². The number of fused-ring (bicyclic) bond motifs is 1. The third-order valence-electron chi connectivity index (χ3n) is 6.20. The Morgan fingerprint density at radius 2 is 2.03 bits per heavy atom. The Hall–Kier alpha value is -1.80. The first-order valence-corrected chi connectivity index (χ1v) is 11.8. The van der Waals surface area contributed by atoms with Gasteiger partial charge in [0, 0.05) is 42.2 Å². The molecule has 2 aliphatic rings. The lowest BCUT2D eigenvalue weighted by Crippen LogP contribution is -2.37. The van der Waals surface area contributed by atoms with Crippen molar-refractivity contribution in [3.05, 3.63) is 45.6 Å². The van der Waals surface area contributed by atoms with Gasteiger partial charge < -0.3 is 9.64 Å². The maximum Gasteiger partial charge on any atom is 0.145 e. The van der Waals surface area contributed by atoms with Gasteiger partial charge in [0.2, 0.25) is 0 Å². The van der Waals surface area contributed by atoms with Crippen LogP contribution in [0.25, 0.3) is 10.9 Å². The zero-order chi connectivity index (χ0) is 20.5. The summed E-state index contributed by atoms with van der Waals surface area (Å²) in [7, 11) is 1.80. The van der Waals surface area contributed by atoms with E-state index in [0.717, 1.165) is 73.0 Å². The van der Waals surface area contributed by atoms with E-state index in [9.17, 15) is 0 Å². The van der Waals surface area contributed by atoms with Gasteiger partial charge in [0.25, 0.3) is 0 Å². The Morgan fingerprint density at radius 3 is 2.80 bits per heavy atom. The molecule has 1 unspecified atom stereocenters. The zero-order valence-corrected chi connectivity index (χ0v) is 18.7. The molecule has 0 amide bonds. The number of thiazole rings is 1. The summed E-state index contributed by atoms with van der Waals surface area (Å²) in [5, 5.41) is 5.00. The van der Waals surface area contributed by atoms with Crippen LogP contribution < -0.4 is 4.90 Å². The topological polar surface area (TPSA) is 54.4 Å². The lowest BCUT2D eigenvalue weighted by molar-refractivity contribution is 0.0818. The van der Waals surface area contributed by atoms with E-state index in [2.05, 4.69) is 20.2 Å². The minimum atomic E-state index is 0.334.